The minimum atomic E-state index is -0.454. The van der Waals surface area contributed by atoms with Crippen molar-refractivity contribution >= 4 is 29.3 Å². The molecule has 2 rings (SSSR count). The van der Waals surface area contributed by atoms with Crippen LogP contribution < -0.4 is 0 Å². The van der Waals surface area contributed by atoms with E-state index in [9.17, 15) is 4.79 Å². The number of amides is 1. The van der Waals surface area contributed by atoms with Crippen molar-refractivity contribution in [1.82, 2.24) is 14.9 Å². The van der Waals surface area contributed by atoms with Crippen LogP contribution in [0.2, 0.25) is 10.4 Å². The third-order valence-corrected chi connectivity index (χ3v) is 4.62. The van der Waals surface area contributed by atoms with Gasteiger partial charge in [-0.2, -0.15) is 0 Å². The summed E-state index contributed by atoms with van der Waals surface area (Å²) in [5.74, 6) is 0.488. The highest BCUT2D eigenvalue weighted by molar-refractivity contribution is 6.32. The molecule has 0 N–H and O–H groups in total. The van der Waals surface area contributed by atoms with Crippen LogP contribution in [0.1, 0.15) is 52.0 Å². The Kier molecular flexibility index (Phi) is 7.92. The van der Waals surface area contributed by atoms with Crippen molar-refractivity contribution in [3.63, 3.8) is 0 Å². The summed E-state index contributed by atoms with van der Waals surface area (Å²) in [5, 5.41) is 0.455. The van der Waals surface area contributed by atoms with Crippen molar-refractivity contribution in [1.29, 1.82) is 0 Å². The van der Waals surface area contributed by atoms with E-state index in [1.54, 1.807) is 6.20 Å². The zero-order valence-electron chi connectivity index (χ0n) is 15.6. The minimum absolute atomic E-state index is 0.130. The summed E-state index contributed by atoms with van der Waals surface area (Å²) in [6, 6.07) is 0. The molecule has 2 heterocycles. The Balaban J connectivity index is 1.67. The molecular formula is C18H27Cl2N3O3. The van der Waals surface area contributed by atoms with Crippen LogP contribution in [-0.2, 0) is 16.1 Å². The van der Waals surface area contributed by atoms with E-state index >= 15 is 0 Å². The molecular weight excluding hydrogens is 377 g/mol. The van der Waals surface area contributed by atoms with Crippen LogP contribution in [0.4, 0.5) is 4.79 Å². The summed E-state index contributed by atoms with van der Waals surface area (Å²) in [7, 11) is 0. The number of hydrogen-bond donors (Lipinski definition) is 0. The van der Waals surface area contributed by atoms with Gasteiger partial charge < -0.3 is 14.4 Å². The largest absolute Gasteiger partial charge is 0.444 e. The number of piperidine rings is 1. The number of hydrogen-bond acceptors (Lipinski definition) is 5. The molecule has 26 heavy (non-hydrogen) atoms. The summed E-state index contributed by atoms with van der Waals surface area (Å²) in [6.45, 7) is 8.19. The fraction of sp³-hybridized carbons (Fsp3) is 0.722. The molecule has 1 aromatic rings. The van der Waals surface area contributed by atoms with Gasteiger partial charge in [-0.3, -0.25) is 0 Å². The maximum atomic E-state index is 12.2. The first-order valence-electron chi connectivity index (χ1n) is 8.97. The zero-order chi connectivity index (χ0) is 19.2. The van der Waals surface area contributed by atoms with Gasteiger partial charge in [-0.1, -0.05) is 11.6 Å². The van der Waals surface area contributed by atoms with Crippen molar-refractivity contribution in [3.8, 4) is 0 Å². The van der Waals surface area contributed by atoms with Gasteiger partial charge in [-0.15, -0.1) is 0 Å². The van der Waals surface area contributed by atoms with Gasteiger partial charge >= 0.3 is 6.09 Å². The number of rotatable bonds is 6. The summed E-state index contributed by atoms with van der Waals surface area (Å²) in [5.41, 5.74) is 0.273. The van der Waals surface area contributed by atoms with Gasteiger partial charge in [-0.25, -0.2) is 14.8 Å². The van der Waals surface area contributed by atoms with Crippen molar-refractivity contribution in [2.45, 2.75) is 58.7 Å². The summed E-state index contributed by atoms with van der Waals surface area (Å²) in [6.07, 6.45) is 5.47. The van der Waals surface area contributed by atoms with Crippen molar-refractivity contribution < 1.29 is 14.3 Å². The summed E-state index contributed by atoms with van der Waals surface area (Å²) < 4.78 is 11.1. The van der Waals surface area contributed by atoms with Crippen LogP contribution in [0.15, 0.2) is 6.20 Å². The molecule has 8 heteroatoms. The van der Waals surface area contributed by atoms with Crippen molar-refractivity contribution in [2.24, 2.45) is 5.92 Å². The first-order chi connectivity index (χ1) is 12.2. The average Bonchev–Trinajstić information content (AvgIpc) is 2.55. The molecule has 0 radical (unpaired) electrons. The molecule has 0 aromatic carbocycles. The maximum absolute atomic E-state index is 12.2. The molecule has 1 saturated heterocycles. The molecule has 146 valence electrons. The lowest BCUT2D eigenvalue weighted by Crippen LogP contribution is -2.42. The highest BCUT2D eigenvalue weighted by atomic mass is 35.5. The Morgan fingerprint density at radius 1 is 1.38 bits per heavy atom. The highest BCUT2D eigenvalue weighted by Gasteiger charge is 2.27. The second kappa shape index (κ2) is 9.72. The minimum Gasteiger partial charge on any atom is -0.444 e. The Morgan fingerprint density at radius 3 is 2.85 bits per heavy atom. The van der Waals surface area contributed by atoms with Gasteiger partial charge in [-0.05, 0) is 64.0 Å². The van der Waals surface area contributed by atoms with E-state index in [4.69, 9.17) is 32.7 Å². The second-order valence-electron chi connectivity index (χ2n) is 7.58. The van der Waals surface area contributed by atoms with Crippen LogP contribution in [0.3, 0.4) is 0 Å². The van der Waals surface area contributed by atoms with Gasteiger partial charge in [0.15, 0.2) is 0 Å². The lowest BCUT2D eigenvalue weighted by atomic mass is 9.94. The third-order valence-electron chi connectivity index (χ3n) is 4.11. The van der Waals surface area contributed by atoms with E-state index in [1.807, 2.05) is 25.7 Å². The predicted octanol–water partition coefficient (Wildman–Crippen LogP) is 4.73. The SMILES string of the molecule is CC(C)(C)OC(=O)N1CCC[C@@H](CCCOCc2cnc(Cl)nc2Cl)C1. The van der Waals surface area contributed by atoms with Gasteiger partial charge in [0.25, 0.3) is 0 Å². The van der Waals surface area contributed by atoms with Crippen LogP contribution in [-0.4, -0.2) is 46.3 Å². The molecule has 0 spiro atoms. The number of aromatic nitrogens is 2. The second-order valence-corrected chi connectivity index (χ2v) is 8.28. The fourth-order valence-corrected chi connectivity index (χ4v) is 3.27. The van der Waals surface area contributed by atoms with Crippen LogP contribution in [0.5, 0.6) is 0 Å². The first-order valence-corrected chi connectivity index (χ1v) is 9.73. The van der Waals surface area contributed by atoms with Crippen molar-refractivity contribution in [2.75, 3.05) is 19.7 Å². The smallest absolute Gasteiger partial charge is 0.410 e. The monoisotopic (exact) mass is 403 g/mol. The molecule has 1 aliphatic heterocycles. The molecule has 1 aliphatic rings. The quantitative estimate of drug-likeness (QED) is 0.390. The molecule has 1 fully saturated rings. The zero-order valence-corrected chi connectivity index (χ0v) is 17.1. The average molecular weight is 404 g/mol. The predicted molar refractivity (Wildman–Crippen MR) is 101 cm³/mol. The standard InChI is InChI=1S/C18H27Cl2N3O3/c1-18(2,3)26-17(24)23-8-4-6-13(11-23)7-5-9-25-12-14-10-21-16(20)22-15(14)19/h10,13H,4-9,11-12H2,1-3H3/t13-/m0/s1. The van der Waals surface area contributed by atoms with E-state index in [-0.39, 0.29) is 11.4 Å². The number of nitrogens with zero attached hydrogens (tertiary/aromatic N) is 3. The number of likely N-dealkylation sites (tertiary alicyclic amines) is 1. The maximum Gasteiger partial charge on any atom is 0.410 e. The van der Waals surface area contributed by atoms with E-state index < -0.39 is 5.60 Å². The topological polar surface area (TPSA) is 64.5 Å². The Morgan fingerprint density at radius 2 is 2.15 bits per heavy atom. The molecule has 0 bridgehead atoms. The van der Waals surface area contributed by atoms with Crippen LogP contribution in [0.25, 0.3) is 0 Å². The number of ether oxygens (including phenoxy) is 2. The van der Waals surface area contributed by atoms with E-state index in [1.165, 1.54) is 0 Å². The van der Waals surface area contributed by atoms with Gasteiger partial charge in [0.05, 0.1) is 6.61 Å². The first kappa shape index (κ1) is 21.2. The Hall–Kier alpha value is -1.11. The summed E-state index contributed by atoms with van der Waals surface area (Å²) in [4.78, 5) is 21.8. The van der Waals surface area contributed by atoms with Gasteiger partial charge in [0.1, 0.15) is 10.8 Å². The molecule has 1 amide bonds. The molecule has 0 unspecified atom stereocenters. The fourth-order valence-electron chi connectivity index (χ4n) is 2.91. The van der Waals surface area contributed by atoms with Crippen LogP contribution in [0, 0.1) is 5.92 Å². The normalized spacial score (nSPS) is 18.0. The summed E-state index contributed by atoms with van der Waals surface area (Å²) >= 11 is 11.7. The van der Waals surface area contributed by atoms with E-state index in [0.29, 0.717) is 24.3 Å². The Bertz CT molecular complexity index is 608. The lowest BCUT2D eigenvalue weighted by Gasteiger charge is -2.34. The van der Waals surface area contributed by atoms with E-state index in [0.717, 1.165) is 44.3 Å². The lowest BCUT2D eigenvalue weighted by molar-refractivity contribution is 0.0155. The molecule has 0 aliphatic carbocycles. The Labute approximate surface area is 165 Å². The van der Waals surface area contributed by atoms with Gasteiger partial charge in [0, 0.05) is 31.5 Å². The molecule has 1 aromatic heterocycles. The molecule has 1 atom stereocenters. The van der Waals surface area contributed by atoms with Crippen LogP contribution >= 0.6 is 23.2 Å². The molecule has 0 saturated carbocycles. The van der Waals surface area contributed by atoms with Gasteiger partial charge in [0.2, 0.25) is 5.28 Å². The molecule has 6 nitrogen and oxygen atoms in total. The third kappa shape index (κ3) is 7.25. The number of halogens is 2. The number of carbonyl (C=O) groups is 1. The highest BCUT2D eigenvalue weighted by Crippen LogP contribution is 2.23. The van der Waals surface area contributed by atoms with Crippen molar-refractivity contribution in [3.05, 3.63) is 22.2 Å². The number of carbonyl (C=O) groups excluding carboxylic acids is 1. The van der Waals surface area contributed by atoms with E-state index in [2.05, 4.69) is 9.97 Å².